The molecule has 1 saturated heterocycles. The fraction of sp³-hybridized carbons (Fsp3) is 0.333. The Morgan fingerprint density at radius 2 is 1.52 bits per heavy atom. The number of hydrogen-bond donors (Lipinski definition) is 0. The van der Waals surface area contributed by atoms with E-state index >= 15 is 0 Å². The third-order valence-corrected chi connectivity index (χ3v) is 4.81. The Morgan fingerprint density at radius 1 is 0.913 bits per heavy atom. The first-order valence-electron chi connectivity index (χ1n) is 7.86. The number of ether oxygens (including phenoxy) is 2. The molecule has 23 heavy (non-hydrogen) atoms. The molecule has 2 heteroatoms. The molecule has 0 bridgehead atoms. The van der Waals surface area contributed by atoms with Gasteiger partial charge in [0.05, 0.1) is 11.2 Å². The van der Waals surface area contributed by atoms with Crippen LogP contribution in [-0.2, 0) is 9.47 Å². The third kappa shape index (κ3) is 2.79. The van der Waals surface area contributed by atoms with Crippen molar-refractivity contribution in [2.24, 2.45) is 0 Å². The van der Waals surface area contributed by atoms with Crippen LogP contribution in [0.25, 0.3) is 11.1 Å². The maximum Gasteiger partial charge on any atom is 0.185 e. The molecule has 1 aliphatic rings. The maximum absolute atomic E-state index is 6.10. The quantitative estimate of drug-likeness (QED) is 0.732. The van der Waals surface area contributed by atoms with Gasteiger partial charge in [-0.25, -0.2) is 0 Å². The van der Waals surface area contributed by atoms with E-state index in [9.17, 15) is 0 Å². The fourth-order valence-corrected chi connectivity index (χ4v) is 2.68. The van der Waals surface area contributed by atoms with Gasteiger partial charge in [0.2, 0.25) is 0 Å². The first kappa shape index (κ1) is 15.8. The predicted molar refractivity (Wildman–Crippen MR) is 92.9 cm³/mol. The number of hydrogen-bond acceptors (Lipinski definition) is 2. The number of benzene rings is 2. The van der Waals surface area contributed by atoms with Gasteiger partial charge < -0.3 is 9.47 Å². The van der Waals surface area contributed by atoms with Crippen LogP contribution in [0.4, 0.5) is 0 Å². The van der Waals surface area contributed by atoms with E-state index in [-0.39, 0.29) is 11.2 Å². The molecule has 118 valence electrons. The van der Waals surface area contributed by atoms with Gasteiger partial charge in [-0.1, -0.05) is 48.4 Å². The lowest BCUT2D eigenvalue weighted by atomic mass is 9.90. The molecule has 1 aliphatic heterocycles. The lowest BCUT2D eigenvalue weighted by Crippen LogP contribution is -2.41. The summed E-state index contributed by atoms with van der Waals surface area (Å²) in [5, 5.41) is 0. The van der Waals surface area contributed by atoms with E-state index in [1.165, 1.54) is 0 Å². The van der Waals surface area contributed by atoms with Gasteiger partial charge in [-0.2, -0.15) is 0 Å². The first-order chi connectivity index (χ1) is 10.8. The van der Waals surface area contributed by atoms with Crippen LogP contribution in [0.2, 0.25) is 0 Å². The second-order valence-corrected chi connectivity index (χ2v) is 6.90. The highest BCUT2D eigenvalue weighted by Crippen LogP contribution is 2.45. The highest BCUT2D eigenvalue weighted by atomic mass is 16.7. The van der Waals surface area contributed by atoms with Gasteiger partial charge in [-0.3, -0.25) is 0 Å². The summed E-state index contributed by atoms with van der Waals surface area (Å²) in [5.74, 6) is 2.79. The van der Waals surface area contributed by atoms with E-state index < -0.39 is 6.29 Å². The minimum absolute atomic E-state index is 0.355. The van der Waals surface area contributed by atoms with E-state index in [1.807, 2.05) is 64.1 Å². The van der Waals surface area contributed by atoms with E-state index in [1.54, 1.807) is 0 Å². The van der Waals surface area contributed by atoms with E-state index in [4.69, 9.17) is 15.9 Å². The molecular formula is C21H22O2. The predicted octanol–water partition coefficient (Wildman–Crippen LogP) is 4.94. The van der Waals surface area contributed by atoms with Gasteiger partial charge in [0.1, 0.15) is 0 Å². The zero-order chi connectivity index (χ0) is 16.7. The Kier molecular flexibility index (Phi) is 3.80. The highest BCUT2D eigenvalue weighted by Gasteiger charge is 2.49. The molecule has 0 amide bonds. The van der Waals surface area contributed by atoms with Crippen molar-refractivity contribution in [1.29, 1.82) is 0 Å². The van der Waals surface area contributed by atoms with E-state index in [0.29, 0.717) is 0 Å². The normalized spacial score (nSPS) is 19.4. The zero-order valence-electron chi connectivity index (χ0n) is 14.1. The summed E-state index contributed by atoms with van der Waals surface area (Å²) in [5.41, 5.74) is 3.26. The topological polar surface area (TPSA) is 18.5 Å². The molecule has 0 saturated carbocycles. The van der Waals surface area contributed by atoms with Gasteiger partial charge >= 0.3 is 0 Å². The van der Waals surface area contributed by atoms with Crippen molar-refractivity contribution < 1.29 is 9.47 Å². The van der Waals surface area contributed by atoms with Crippen molar-refractivity contribution in [2.75, 3.05) is 0 Å². The molecule has 0 aromatic heterocycles. The summed E-state index contributed by atoms with van der Waals surface area (Å²) in [6.07, 6.45) is 5.34. The van der Waals surface area contributed by atoms with Crippen LogP contribution in [0.3, 0.4) is 0 Å². The minimum atomic E-state index is -0.392. The molecular weight excluding hydrogens is 284 g/mol. The van der Waals surface area contributed by atoms with Crippen molar-refractivity contribution in [1.82, 2.24) is 0 Å². The monoisotopic (exact) mass is 306 g/mol. The molecule has 0 aliphatic carbocycles. The molecule has 0 atom stereocenters. The highest BCUT2D eigenvalue weighted by molar-refractivity contribution is 5.71. The van der Waals surface area contributed by atoms with E-state index in [0.717, 1.165) is 22.3 Å². The summed E-state index contributed by atoms with van der Waals surface area (Å²) in [7, 11) is 0. The van der Waals surface area contributed by atoms with Gasteiger partial charge in [0.15, 0.2) is 6.29 Å². The van der Waals surface area contributed by atoms with Crippen molar-refractivity contribution in [3.63, 3.8) is 0 Å². The Balaban J connectivity index is 1.97. The van der Waals surface area contributed by atoms with Crippen molar-refractivity contribution >= 4 is 0 Å². The molecule has 0 spiro atoms. The average molecular weight is 306 g/mol. The van der Waals surface area contributed by atoms with Gasteiger partial charge in [-0.15, -0.1) is 6.42 Å². The Bertz CT molecular complexity index is 735. The Morgan fingerprint density at radius 3 is 2.09 bits per heavy atom. The molecule has 0 unspecified atom stereocenters. The molecule has 0 radical (unpaired) electrons. The molecule has 0 N–H and O–H groups in total. The van der Waals surface area contributed by atoms with Crippen molar-refractivity contribution in [3.05, 3.63) is 59.7 Å². The number of terminal acetylenes is 1. The molecule has 1 heterocycles. The molecule has 1 fully saturated rings. The largest absolute Gasteiger partial charge is 0.339 e. The number of rotatable bonds is 2. The Hall–Kier alpha value is -2.08. The van der Waals surface area contributed by atoms with Crippen molar-refractivity contribution in [2.45, 2.75) is 45.2 Å². The molecule has 2 nitrogen and oxygen atoms in total. The van der Waals surface area contributed by atoms with Crippen LogP contribution < -0.4 is 0 Å². The van der Waals surface area contributed by atoms with Crippen LogP contribution in [0.15, 0.2) is 48.5 Å². The standard InChI is InChI=1S/C21H22O2/c1-6-15-14-17(19-22-20(2,3)21(4,5)23-19)12-13-18(15)16-10-8-7-9-11-16/h1,7-14,19H,2-5H3. The summed E-state index contributed by atoms with van der Waals surface area (Å²) in [6, 6.07) is 16.2. The molecule has 2 aromatic rings. The van der Waals surface area contributed by atoms with Crippen LogP contribution in [0.1, 0.15) is 45.1 Å². The SMILES string of the molecule is C#Cc1cc(C2OC(C)(C)C(C)(C)O2)ccc1-c1ccccc1. The summed E-state index contributed by atoms with van der Waals surface area (Å²) in [4.78, 5) is 0. The zero-order valence-corrected chi connectivity index (χ0v) is 14.1. The van der Waals surface area contributed by atoms with Crippen LogP contribution in [0.5, 0.6) is 0 Å². The van der Waals surface area contributed by atoms with Crippen molar-refractivity contribution in [3.8, 4) is 23.5 Å². The molecule has 3 rings (SSSR count). The van der Waals surface area contributed by atoms with E-state index in [2.05, 4.69) is 18.1 Å². The third-order valence-electron chi connectivity index (χ3n) is 4.81. The maximum atomic E-state index is 6.10. The lowest BCUT2D eigenvalue weighted by Gasteiger charge is -2.30. The average Bonchev–Trinajstić information content (AvgIpc) is 2.75. The van der Waals surface area contributed by atoms with Crippen LogP contribution in [-0.4, -0.2) is 11.2 Å². The summed E-state index contributed by atoms with van der Waals surface area (Å²) < 4.78 is 12.2. The fourth-order valence-electron chi connectivity index (χ4n) is 2.68. The smallest absolute Gasteiger partial charge is 0.185 e. The minimum Gasteiger partial charge on any atom is -0.339 e. The second-order valence-electron chi connectivity index (χ2n) is 6.90. The lowest BCUT2D eigenvalue weighted by molar-refractivity contribution is -0.0895. The van der Waals surface area contributed by atoms with Gasteiger partial charge in [0.25, 0.3) is 0 Å². The van der Waals surface area contributed by atoms with Crippen LogP contribution in [0, 0.1) is 12.3 Å². The Labute approximate surface area is 138 Å². The van der Waals surface area contributed by atoms with Gasteiger partial charge in [-0.05, 0) is 44.9 Å². The molecule has 2 aromatic carbocycles. The van der Waals surface area contributed by atoms with Gasteiger partial charge in [0, 0.05) is 11.1 Å². The van der Waals surface area contributed by atoms with Crippen LogP contribution >= 0.6 is 0 Å². The summed E-state index contributed by atoms with van der Waals surface area (Å²) in [6.45, 7) is 8.20. The summed E-state index contributed by atoms with van der Waals surface area (Å²) >= 11 is 0. The second kappa shape index (κ2) is 5.53. The first-order valence-corrected chi connectivity index (χ1v) is 7.86.